The quantitative estimate of drug-likeness (QED) is 0.423. The molecule has 1 aromatic heterocycles. The first-order valence-corrected chi connectivity index (χ1v) is 8.66. The van der Waals surface area contributed by atoms with Crippen LogP contribution < -0.4 is 5.32 Å². The second kappa shape index (κ2) is 8.53. The summed E-state index contributed by atoms with van der Waals surface area (Å²) in [5, 5.41) is 3.26. The van der Waals surface area contributed by atoms with Crippen LogP contribution in [0.5, 0.6) is 0 Å². The lowest BCUT2D eigenvalue weighted by Crippen LogP contribution is -2.20. The van der Waals surface area contributed by atoms with E-state index in [9.17, 15) is 9.59 Å². The van der Waals surface area contributed by atoms with Gasteiger partial charge in [0.15, 0.2) is 6.61 Å². The monoisotopic (exact) mass is 403 g/mol. The molecule has 0 radical (unpaired) electrons. The Morgan fingerprint density at radius 3 is 2.54 bits per heavy atom. The Morgan fingerprint density at radius 1 is 1.17 bits per heavy atom. The predicted molar refractivity (Wildman–Crippen MR) is 99.2 cm³/mol. The summed E-state index contributed by atoms with van der Waals surface area (Å²) in [6.45, 7) is 1.53. The maximum absolute atomic E-state index is 11.8. The zero-order chi connectivity index (χ0) is 17.7. The van der Waals surface area contributed by atoms with Crippen LogP contribution in [0.2, 0.25) is 15.1 Å². The third-order valence-corrected chi connectivity index (χ3v) is 4.78. The van der Waals surface area contributed by atoms with Crippen molar-refractivity contribution in [3.8, 4) is 0 Å². The van der Waals surface area contributed by atoms with Gasteiger partial charge in [0.25, 0.3) is 5.91 Å². The van der Waals surface area contributed by atoms with Gasteiger partial charge in [-0.1, -0.05) is 34.8 Å². The van der Waals surface area contributed by atoms with E-state index in [1.165, 1.54) is 18.2 Å². The van der Waals surface area contributed by atoms with E-state index in [4.69, 9.17) is 39.5 Å². The maximum atomic E-state index is 11.8. The van der Waals surface area contributed by atoms with Crippen LogP contribution in [0.3, 0.4) is 0 Å². The molecule has 1 N–H and O–H groups in total. The third-order valence-electron chi connectivity index (χ3n) is 2.77. The zero-order valence-electron chi connectivity index (χ0n) is 12.4. The highest BCUT2D eigenvalue weighted by Crippen LogP contribution is 2.32. The molecule has 126 valence electrons. The molecule has 0 aliphatic rings. The van der Waals surface area contributed by atoms with Crippen molar-refractivity contribution in [1.29, 1.82) is 0 Å². The molecular formula is C16H12Cl3NO3S. The van der Waals surface area contributed by atoms with Gasteiger partial charge in [0.1, 0.15) is 0 Å². The number of esters is 1. The number of hydrogen-bond donors (Lipinski definition) is 1. The van der Waals surface area contributed by atoms with Gasteiger partial charge in [0, 0.05) is 15.8 Å². The molecule has 0 saturated carbocycles. The summed E-state index contributed by atoms with van der Waals surface area (Å²) in [4.78, 5) is 25.5. The molecule has 8 heteroatoms. The Bertz CT molecular complexity index is 802. The predicted octanol–water partition coefficient (Wildman–Crippen LogP) is 5.21. The summed E-state index contributed by atoms with van der Waals surface area (Å²) in [7, 11) is 0. The average molecular weight is 405 g/mol. The van der Waals surface area contributed by atoms with E-state index in [0.29, 0.717) is 0 Å². The number of benzene rings is 1. The number of nitrogens with one attached hydrogen (secondary N) is 1. The van der Waals surface area contributed by atoms with E-state index in [0.717, 1.165) is 9.75 Å². The molecule has 1 aromatic carbocycles. The summed E-state index contributed by atoms with van der Waals surface area (Å²) in [6, 6.07) is 6.68. The second-order valence-electron chi connectivity index (χ2n) is 4.68. The Kier molecular flexibility index (Phi) is 6.69. The van der Waals surface area contributed by atoms with Crippen molar-refractivity contribution in [2.75, 3.05) is 11.9 Å². The number of halogens is 3. The van der Waals surface area contributed by atoms with Crippen molar-refractivity contribution in [3.05, 3.63) is 55.2 Å². The summed E-state index contributed by atoms with van der Waals surface area (Å²) in [5.41, 5.74) is 0.289. The van der Waals surface area contributed by atoms with Crippen LogP contribution in [0.4, 0.5) is 5.69 Å². The average Bonchev–Trinajstić information content (AvgIpc) is 2.94. The summed E-state index contributed by atoms with van der Waals surface area (Å²) < 4.78 is 4.86. The second-order valence-corrected chi connectivity index (χ2v) is 7.22. The number of rotatable bonds is 5. The number of carbonyl (C=O) groups is 2. The summed E-state index contributed by atoms with van der Waals surface area (Å²) in [5.74, 6) is -1.15. The highest BCUT2D eigenvalue weighted by molar-refractivity contribution is 7.12. The van der Waals surface area contributed by atoms with E-state index in [2.05, 4.69) is 5.32 Å². The summed E-state index contributed by atoms with van der Waals surface area (Å²) >= 11 is 19.2. The van der Waals surface area contributed by atoms with Crippen LogP contribution in [-0.2, 0) is 14.3 Å². The van der Waals surface area contributed by atoms with Crippen LogP contribution in [-0.4, -0.2) is 18.5 Å². The van der Waals surface area contributed by atoms with E-state index in [1.807, 2.05) is 19.1 Å². The Labute approximate surface area is 158 Å². The minimum atomic E-state index is -0.614. The number of aryl methyl sites for hydroxylation is 1. The number of amides is 1. The molecule has 0 unspecified atom stereocenters. The lowest BCUT2D eigenvalue weighted by atomic mass is 10.3. The Balaban J connectivity index is 1.86. The zero-order valence-corrected chi connectivity index (χ0v) is 15.5. The van der Waals surface area contributed by atoms with Crippen molar-refractivity contribution in [2.24, 2.45) is 0 Å². The van der Waals surface area contributed by atoms with E-state index >= 15 is 0 Å². The molecule has 1 amide bonds. The van der Waals surface area contributed by atoms with Crippen LogP contribution in [0.15, 0.2) is 30.3 Å². The minimum absolute atomic E-state index is 0.233. The molecule has 0 aliphatic heterocycles. The largest absolute Gasteiger partial charge is 0.452 e. The van der Waals surface area contributed by atoms with Gasteiger partial charge >= 0.3 is 5.97 Å². The molecular weight excluding hydrogens is 393 g/mol. The topological polar surface area (TPSA) is 55.4 Å². The molecule has 0 aliphatic carbocycles. The number of carbonyl (C=O) groups excluding carboxylic acids is 2. The van der Waals surface area contributed by atoms with Crippen molar-refractivity contribution < 1.29 is 14.3 Å². The minimum Gasteiger partial charge on any atom is -0.452 e. The van der Waals surface area contributed by atoms with E-state index < -0.39 is 18.5 Å². The van der Waals surface area contributed by atoms with Crippen molar-refractivity contribution in [2.45, 2.75) is 6.92 Å². The van der Waals surface area contributed by atoms with Crippen LogP contribution in [0.25, 0.3) is 6.08 Å². The molecule has 2 aromatic rings. The van der Waals surface area contributed by atoms with Gasteiger partial charge < -0.3 is 10.1 Å². The van der Waals surface area contributed by atoms with Crippen LogP contribution >= 0.6 is 46.1 Å². The number of hydrogen-bond acceptors (Lipinski definition) is 4. The maximum Gasteiger partial charge on any atom is 0.331 e. The lowest BCUT2D eigenvalue weighted by molar-refractivity contribution is -0.142. The molecule has 1 heterocycles. The standard InChI is InChI=1S/C16H12Cl3NO3S/c1-9-2-3-10(24-9)4-5-16(22)23-8-15(21)20-14-7-12(18)11(17)6-13(14)19/h2-7H,8H2,1H3,(H,20,21)/b5-4+. The van der Waals surface area contributed by atoms with Crippen LogP contribution in [0, 0.1) is 6.92 Å². The number of thiophene rings is 1. The van der Waals surface area contributed by atoms with Gasteiger partial charge in [-0.05, 0) is 37.3 Å². The van der Waals surface area contributed by atoms with Gasteiger partial charge in [0.05, 0.1) is 20.8 Å². The molecule has 2 rings (SSSR count). The third kappa shape index (κ3) is 5.53. The van der Waals surface area contributed by atoms with Crippen LogP contribution in [0.1, 0.15) is 9.75 Å². The molecule has 0 saturated heterocycles. The van der Waals surface area contributed by atoms with E-state index in [-0.39, 0.29) is 20.8 Å². The van der Waals surface area contributed by atoms with Gasteiger partial charge in [-0.2, -0.15) is 0 Å². The molecule has 4 nitrogen and oxygen atoms in total. The van der Waals surface area contributed by atoms with Gasteiger partial charge in [0.2, 0.25) is 0 Å². The Morgan fingerprint density at radius 2 is 1.88 bits per heavy atom. The normalized spacial score (nSPS) is 10.8. The first-order chi connectivity index (χ1) is 11.3. The smallest absolute Gasteiger partial charge is 0.331 e. The lowest BCUT2D eigenvalue weighted by Gasteiger charge is -2.08. The van der Waals surface area contributed by atoms with Gasteiger partial charge in [-0.3, -0.25) is 4.79 Å². The SMILES string of the molecule is Cc1ccc(/C=C/C(=O)OCC(=O)Nc2cc(Cl)c(Cl)cc2Cl)s1. The molecule has 0 atom stereocenters. The first-order valence-electron chi connectivity index (χ1n) is 6.71. The highest BCUT2D eigenvalue weighted by atomic mass is 35.5. The van der Waals surface area contributed by atoms with Crippen molar-refractivity contribution >= 4 is 69.8 Å². The fourth-order valence-corrected chi connectivity index (χ4v) is 3.06. The van der Waals surface area contributed by atoms with Crippen molar-refractivity contribution in [3.63, 3.8) is 0 Å². The van der Waals surface area contributed by atoms with Gasteiger partial charge in [-0.15, -0.1) is 11.3 Å². The number of ether oxygens (including phenoxy) is 1. The fraction of sp³-hybridized carbons (Fsp3) is 0.125. The fourth-order valence-electron chi connectivity index (χ4n) is 1.68. The van der Waals surface area contributed by atoms with Crippen molar-refractivity contribution in [1.82, 2.24) is 0 Å². The molecule has 0 spiro atoms. The van der Waals surface area contributed by atoms with Gasteiger partial charge in [-0.25, -0.2) is 4.79 Å². The number of anilines is 1. The molecule has 24 heavy (non-hydrogen) atoms. The van der Waals surface area contributed by atoms with E-state index in [1.54, 1.807) is 17.4 Å². The molecule has 0 fully saturated rings. The Hall–Kier alpha value is -1.53. The first kappa shape index (κ1) is 18.8. The molecule has 0 bridgehead atoms. The summed E-state index contributed by atoms with van der Waals surface area (Å²) in [6.07, 6.45) is 2.90. The highest BCUT2D eigenvalue weighted by Gasteiger charge is 2.11.